The van der Waals surface area contributed by atoms with E-state index in [4.69, 9.17) is 9.47 Å². The van der Waals surface area contributed by atoms with E-state index in [1.165, 1.54) is 0 Å². The molecule has 5 heteroatoms. The first-order chi connectivity index (χ1) is 9.19. The molecule has 1 aliphatic rings. The van der Waals surface area contributed by atoms with Gasteiger partial charge in [-0.25, -0.2) is 0 Å². The van der Waals surface area contributed by atoms with Gasteiger partial charge in [-0.05, 0) is 24.3 Å². The first-order valence-corrected chi connectivity index (χ1v) is 7.63. The van der Waals surface area contributed by atoms with Gasteiger partial charge in [0.05, 0.1) is 19.9 Å². The zero-order valence-corrected chi connectivity index (χ0v) is 12.3. The Morgan fingerprint density at radius 2 is 2.16 bits per heavy atom. The van der Waals surface area contributed by atoms with Crippen LogP contribution in [-0.2, 0) is 4.79 Å². The summed E-state index contributed by atoms with van der Waals surface area (Å²) >= 11 is 1.80. The Kier molecular flexibility index (Phi) is 4.58. The van der Waals surface area contributed by atoms with Crippen molar-refractivity contribution in [3.05, 3.63) is 17.7 Å². The van der Waals surface area contributed by atoms with E-state index in [9.17, 15) is 4.79 Å². The van der Waals surface area contributed by atoms with E-state index in [0.29, 0.717) is 12.2 Å². The van der Waals surface area contributed by atoms with E-state index in [1.807, 2.05) is 12.1 Å². The number of thioether (sulfide) groups is 1. The van der Waals surface area contributed by atoms with Crippen molar-refractivity contribution in [1.82, 2.24) is 0 Å². The number of rotatable bonds is 5. The molecule has 19 heavy (non-hydrogen) atoms. The highest BCUT2D eigenvalue weighted by Crippen LogP contribution is 2.43. The SMILES string of the molecule is COc1cc2c(c(OC)c1)[C@@H](CCSC)CC(=O)N2. The minimum absolute atomic E-state index is 0.0638. The molecule has 0 aliphatic carbocycles. The van der Waals surface area contributed by atoms with Gasteiger partial charge in [-0.15, -0.1) is 0 Å². The molecular weight excluding hydrogens is 262 g/mol. The molecule has 0 aromatic heterocycles. The molecule has 2 rings (SSSR count). The molecule has 1 amide bonds. The minimum Gasteiger partial charge on any atom is -0.497 e. The number of methoxy groups -OCH3 is 2. The molecular formula is C14H19NO3S. The van der Waals surface area contributed by atoms with Gasteiger partial charge in [0.15, 0.2) is 0 Å². The van der Waals surface area contributed by atoms with Crippen LogP contribution < -0.4 is 14.8 Å². The van der Waals surface area contributed by atoms with Crippen LogP contribution in [0.4, 0.5) is 5.69 Å². The fourth-order valence-corrected chi connectivity index (χ4v) is 2.97. The maximum absolute atomic E-state index is 11.8. The van der Waals surface area contributed by atoms with E-state index in [-0.39, 0.29) is 11.8 Å². The number of anilines is 1. The van der Waals surface area contributed by atoms with E-state index < -0.39 is 0 Å². The predicted molar refractivity (Wildman–Crippen MR) is 78.5 cm³/mol. The molecule has 0 unspecified atom stereocenters. The van der Waals surface area contributed by atoms with Crippen LogP contribution in [0.5, 0.6) is 11.5 Å². The van der Waals surface area contributed by atoms with Crippen LogP contribution in [0.3, 0.4) is 0 Å². The zero-order chi connectivity index (χ0) is 13.8. The number of amides is 1. The summed E-state index contributed by atoms with van der Waals surface area (Å²) in [5, 5.41) is 2.91. The third kappa shape index (κ3) is 2.97. The van der Waals surface area contributed by atoms with Gasteiger partial charge in [-0.2, -0.15) is 11.8 Å². The van der Waals surface area contributed by atoms with Crippen molar-refractivity contribution >= 4 is 23.4 Å². The molecule has 1 atom stereocenters. The lowest BCUT2D eigenvalue weighted by Gasteiger charge is -2.27. The molecule has 1 aromatic rings. The molecule has 0 bridgehead atoms. The Bertz CT molecular complexity index is 476. The van der Waals surface area contributed by atoms with E-state index >= 15 is 0 Å². The zero-order valence-electron chi connectivity index (χ0n) is 11.5. The van der Waals surface area contributed by atoms with Gasteiger partial charge in [-0.1, -0.05) is 0 Å². The Balaban J connectivity index is 2.42. The van der Waals surface area contributed by atoms with Gasteiger partial charge in [-0.3, -0.25) is 4.79 Å². The molecule has 1 aliphatic heterocycles. The molecule has 1 heterocycles. The Morgan fingerprint density at radius 1 is 1.37 bits per heavy atom. The number of carbonyl (C=O) groups excluding carboxylic acids is 1. The normalized spacial score (nSPS) is 17.6. The van der Waals surface area contributed by atoms with Gasteiger partial charge in [0.1, 0.15) is 11.5 Å². The van der Waals surface area contributed by atoms with E-state index in [1.54, 1.807) is 26.0 Å². The largest absolute Gasteiger partial charge is 0.497 e. The summed E-state index contributed by atoms with van der Waals surface area (Å²) in [6, 6.07) is 3.74. The number of ether oxygens (including phenoxy) is 2. The molecule has 0 saturated carbocycles. The second kappa shape index (κ2) is 6.19. The number of carbonyl (C=O) groups is 1. The topological polar surface area (TPSA) is 47.6 Å². The highest BCUT2D eigenvalue weighted by molar-refractivity contribution is 7.98. The summed E-state index contributed by atoms with van der Waals surface area (Å²) < 4.78 is 10.7. The van der Waals surface area contributed by atoms with Crippen molar-refractivity contribution < 1.29 is 14.3 Å². The lowest BCUT2D eigenvalue weighted by molar-refractivity contribution is -0.116. The molecule has 0 spiro atoms. The third-order valence-electron chi connectivity index (χ3n) is 3.36. The number of hydrogen-bond acceptors (Lipinski definition) is 4. The van der Waals surface area contributed by atoms with Crippen LogP contribution >= 0.6 is 11.8 Å². The molecule has 1 aromatic carbocycles. The van der Waals surface area contributed by atoms with Gasteiger partial charge in [0.25, 0.3) is 0 Å². The van der Waals surface area contributed by atoms with Gasteiger partial charge in [0, 0.05) is 24.1 Å². The fraction of sp³-hybridized carbons (Fsp3) is 0.500. The summed E-state index contributed by atoms with van der Waals surface area (Å²) in [5.74, 6) is 2.81. The van der Waals surface area contributed by atoms with Crippen LogP contribution in [-0.4, -0.2) is 32.1 Å². The summed E-state index contributed by atoms with van der Waals surface area (Å²) in [7, 11) is 3.26. The summed E-state index contributed by atoms with van der Waals surface area (Å²) in [5.41, 5.74) is 1.91. The summed E-state index contributed by atoms with van der Waals surface area (Å²) in [6.07, 6.45) is 3.58. The second-order valence-electron chi connectivity index (χ2n) is 4.52. The Labute approximate surface area is 117 Å². The van der Waals surface area contributed by atoms with Crippen LogP contribution in [0, 0.1) is 0 Å². The second-order valence-corrected chi connectivity index (χ2v) is 5.51. The molecule has 1 N–H and O–H groups in total. The van der Waals surface area contributed by atoms with Crippen molar-refractivity contribution in [3.8, 4) is 11.5 Å². The van der Waals surface area contributed by atoms with Crippen LogP contribution in [0.15, 0.2) is 12.1 Å². The number of benzene rings is 1. The molecule has 4 nitrogen and oxygen atoms in total. The summed E-state index contributed by atoms with van der Waals surface area (Å²) in [6.45, 7) is 0. The summed E-state index contributed by atoms with van der Waals surface area (Å²) in [4.78, 5) is 11.8. The van der Waals surface area contributed by atoms with Crippen molar-refractivity contribution in [1.29, 1.82) is 0 Å². The standard InChI is InChI=1S/C14H19NO3S/c1-17-10-7-11-14(12(8-10)18-2)9(4-5-19-3)6-13(16)15-11/h7-9H,4-6H2,1-3H3,(H,15,16)/t9-/m0/s1. The monoisotopic (exact) mass is 281 g/mol. The minimum atomic E-state index is 0.0638. The number of nitrogens with one attached hydrogen (secondary N) is 1. The lowest BCUT2D eigenvalue weighted by Crippen LogP contribution is -2.24. The van der Waals surface area contributed by atoms with Crippen molar-refractivity contribution in [2.24, 2.45) is 0 Å². The average molecular weight is 281 g/mol. The predicted octanol–water partition coefficient (Wildman–Crippen LogP) is 2.88. The lowest BCUT2D eigenvalue weighted by atomic mass is 9.87. The number of fused-ring (bicyclic) bond motifs is 1. The molecule has 0 radical (unpaired) electrons. The smallest absolute Gasteiger partial charge is 0.225 e. The molecule has 0 fully saturated rings. The van der Waals surface area contributed by atoms with Crippen molar-refractivity contribution in [2.75, 3.05) is 31.5 Å². The first-order valence-electron chi connectivity index (χ1n) is 6.24. The molecule has 104 valence electrons. The van der Waals surface area contributed by atoms with Gasteiger partial charge < -0.3 is 14.8 Å². The van der Waals surface area contributed by atoms with Crippen molar-refractivity contribution in [2.45, 2.75) is 18.8 Å². The highest BCUT2D eigenvalue weighted by atomic mass is 32.2. The first kappa shape index (κ1) is 14.1. The van der Waals surface area contributed by atoms with E-state index in [0.717, 1.165) is 29.2 Å². The third-order valence-corrected chi connectivity index (χ3v) is 4.00. The van der Waals surface area contributed by atoms with Gasteiger partial charge in [0.2, 0.25) is 5.91 Å². The van der Waals surface area contributed by atoms with Crippen molar-refractivity contribution in [3.63, 3.8) is 0 Å². The number of hydrogen-bond donors (Lipinski definition) is 1. The maximum atomic E-state index is 11.8. The Hall–Kier alpha value is -1.36. The molecule has 0 saturated heterocycles. The fourth-order valence-electron chi connectivity index (χ4n) is 2.45. The van der Waals surface area contributed by atoms with Crippen LogP contribution in [0.2, 0.25) is 0 Å². The average Bonchev–Trinajstić information content (AvgIpc) is 2.42. The Morgan fingerprint density at radius 3 is 2.79 bits per heavy atom. The van der Waals surface area contributed by atoms with Gasteiger partial charge >= 0.3 is 0 Å². The quantitative estimate of drug-likeness (QED) is 0.901. The maximum Gasteiger partial charge on any atom is 0.225 e. The van der Waals surface area contributed by atoms with Crippen LogP contribution in [0.1, 0.15) is 24.3 Å². The highest BCUT2D eigenvalue weighted by Gasteiger charge is 2.28. The van der Waals surface area contributed by atoms with E-state index in [2.05, 4.69) is 11.6 Å². The van der Waals surface area contributed by atoms with Crippen LogP contribution in [0.25, 0.3) is 0 Å².